The molecule has 0 saturated carbocycles. The number of hydrogen-bond donors (Lipinski definition) is 1. The van der Waals surface area contributed by atoms with Gasteiger partial charge in [0.05, 0.1) is 0 Å². The van der Waals surface area contributed by atoms with Crippen molar-refractivity contribution in [3.8, 4) is 0 Å². The number of benzene rings is 2. The van der Waals surface area contributed by atoms with Crippen molar-refractivity contribution in [1.82, 2.24) is 9.88 Å². The summed E-state index contributed by atoms with van der Waals surface area (Å²) in [6.07, 6.45) is 2.10. The molecule has 0 aliphatic rings. The Balaban J connectivity index is 1.81. The zero-order valence-corrected chi connectivity index (χ0v) is 14.7. The van der Waals surface area contributed by atoms with E-state index in [2.05, 4.69) is 5.32 Å². The van der Waals surface area contributed by atoms with Crippen molar-refractivity contribution in [2.45, 2.75) is 12.5 Å². The number of Topliss-reactive ketones (excluding diaryl/α,β-unsaturated/α-hetero) is 1. The third-order valence-electron chi connectivity index (χ3n) is 4.24. The van der Waals surface area contributed by atoms with Crippen LogP contribution in [0, 0.1) is 0 Å². The second kappa shape index (κ2) is 8.76. The molecule has 27 heavy (non-hydrogen) atoms. The second-order valence-corrected chi connectivity index (χ2v) is 6.11. The number of aromatic nitrogens is 1. The van der Waals surface area contributed by atoms with Crippen LogP contribution in [0.4, 0.5) is 0 Å². The van der Waals surface area contributed by atoms with E-state index in [1.807, 2.05) is 30.3 Å². The Morgan fingerprint density at radius 2 is 1.48 bits per heavy atom. The number of amides is 1. The number of nitrogens with zero attached hydrogens (tertiary/aromatic N) is 1. The molecule has 1 atom stereocenters. The minimum absolute atomic E-state index is 0.378. The summed E-state index contributed by atoms with van der Waals surface area (Å²) < 4.78 is 1.17. The first-order valence-electron chi connectivity index (χ1n) is 8.75. The minimum atomic E-state index is -1.24. The lowest BCUT2D eigenvalue weighted by Crippen LogP contribution is -2.41. The number of carbonyl (C=O) groups is 2. The van der Waals surface area contributed by atoms with Gasteiger partial charge in [-0.25, -0.2) is 0 Å². The number of pyridine rings is 1. The Labute approximate surface area is 157 Å². The van der Waals surface area contributed by atoms with Crippen LogP contribution in [0.3, 0.4) is 0 Å². The summed E-state index contributed by atoms with van der Waals surface area (Å²) in [5, 5.41) is 2.79. The van der Waals surface area contributed by atoms with Crippen molar-refractivity contribution in [2.24, 2.45) is 0 Å². The lowest BCUT2D eigenvalue weighted by atomic mass is 10.0. The van der Waals surface area contributed by atoms with E-state index in [9.17, 15) is 14.4 Å². The predicted molar refractivity (Wildman–Crippen MR) is 104 cm³/mol. The fraction of sp³-hybridized carbons (Fsp3) is 0.136. The van der Waals surface area contributed by atoms with Crippen LogP contribution in [-0.4, -0.2) is 22.8 Å². The van der Waals surface area contributed by atoms with Gasteiger partial charge < -0.3 is 5.32 Å². The van der Waals surface area contributed by atoms with E-state index < -0.39 is 23.3 Å². The Bertz CT molecular complexity index is 965. The number of hydrogen-bond acceptors (Lipinski definition) is 3. The number of ketones is 1. The molecule has 0 aliphatic carbocycles. The van der Waals surface area contributed by atoms with Crippen molar-refractivity contribution in [3.63, 3.8) is 0 Å². The Morgan fingerprint density at radius 1 is 0.852 bits per heavy atom. The van der Waals surface area contributed by atoms with Gasteiger partial charge in [-0.15, -0.1) is 0 Å². The summed E-state index contributed by atoms with van der Waals surface area (Å²) >= 11 is 0. The topological polar surface area (TPSA) is 68.2 Å². The summed E-state index contributed by atoms with van der Waals surface area (Å²) in [7, 11) is 0. The van der Waals surface area contributed by atoms with E-state index in [-0.39, 0.29) is 0 Å². The highest BCUT2D eigenvalue weighted by Crippen LogP contribution is 2.14. The van der Waals surface area contributed by atoms with Crippen molar-refractivity contribution < 1.29 is 9.59 Å². The highest BCUT2D eigenvalue weighted by atomic mass is 16.2. The average molecular weight is 360 g/mol. The number of rotatable bonds is 7. The number of carbonyl (C=O) groups excluding carboxylic acids is 2. The maximum absolute atomic E-state index is 13.0. The second-order valence-electron chi connectivity index (χ2n) is 6.11. The maximum Gasteiger partial charge on any atom is 0.251 e. The lowest BCUT2D eigenvalue weighted by molar-refractivity contribution is -0.123. The van der Waals surface area contributed by atoms with E-state index in [4.69, 9.17) is 0 Å². The molecule has 0 aliphatic heterocycles. The predicted octanol–water partition coefficient (Wildman–Crippen LogP) is 2.63. The quantitative estimate of drug-likeness (QED) is 0.520. The molecule has 0 bridgehead atoms. The molecule has 5 heteroatoms. The molecule has 1 aromatic heterocycles. The average Bonchev–Trinajstić information content (AvgIpc) is 2.71. The minimum Gasteiger partial charge on any atom is -0.354 e. The van der Waals surface area contributed by atoms with Gasteiger partial charge in [0, 0.05) is 24.4 Å². The monoisotopic (exact) mass is 360 g/mol. The molecule has 1 unspecified atom stereocenters. The first kappa shape index (κ1) is 18.3. The number of nitrogens with one attached hydrogen (secondary N) is 1. The van der Waals surface area contributed by atoms with Crippen LogP contribution in [0.2, 0.25) is 0 Å². The molecule has 0 fully saturated rings. The third-order valence-corrected chi connectivity index (χ3v) is 4.24. The molecule has 0 spiro atoms. The lowest BCUT2D eigenvalue weighted by Gasteiger charge is -2.18. The molecule has 1 amide bonds. The van der Waals surface area contributed by atoms with Gasteiger partial charge in [-0.2, -0.15) is 0 Å². The Kier molecular flexibility index (Phi) is 5.94. The molecule has 0 saturated heterocycles. The van der Waals surface area contributed by atoms with Crippen LogP contribution in [0.15, 0.2) is 89.9 Å². The molecular formula is C22H20N2O3. The van der Waals surface area contributed by atoms with Crippen LogP contribution in [0.5, 0.6) is 0 Å². The van der Waals surface area contributed by atoms with Crippen LogP contribution < -0.4 is 10.9 Å². The largest absolute Gasteiger partial charge is 0.354 e. The normalized spacial score (nSPS) is 11.6. The first-order valence-corrected chi connectivity index (χ1v) is 8.75. The van der Waals surface area contributed by atoms with Gasteiger partial charge in [0.15, 0.2) is 11.8 Å². The van der Waals surface area contributed by atoms with Gasteiger partial charge in [0.25, 0.3) is 11.5 Å². The van der Waals surface area contributed by atoms with Gasteiger partial charge in [0.1, 0.15) is 0 Å². The highest BCUT2D eigenvalue weighted by Gasteiger charge is 2.29. The maximum atomic E-state index is 13.0. The van der Waals surface area contributed by atoms with E-state index in [0.29, 0.717) is 18.5 Å². The smallest absolute Gasteiger partial charge is 0.251 e. The molecule has 5 nitrogen and oxygen atoms in total. The van der Waals surface area contributed by atoms with Gasteiger partial charge in [-0.3, -0.25) is 19.0 Å². The fourth-order valence-electron chi connectivity index (χ4n) is 2.86. The molecule has 136 valence electrons. The molecule has 1 N–H and O–H groups in total. The third kappa shape index (κ3) is 4.58. The van der Waals surface area contributed by atoms with Gasteiger partial charge in [-0.1, -0.05) is 66.7 Å². The highest BCUT2D eigenvalue weighted by molar-refractivity contribution is 6.11. The summed E-state index contributed by atoms with van der Waals surface area (Å²) in [5.74, 6) is -0.908. The summed E-state index contributed by atoms with van der Waals surface area (Å²) in [6, 6.07) is 21.6. The molecule has 0 radical (unpaired) electrons. The van der Waals surface area contributed by atoms with E-state index in [1.165, 1.54) is 16.8 Å². The molecule has 3 aromatic rings. The van der Waals surface area contributed by atoms with Crippen LogP contribution >= 0.6 is 0 Å². The summed E-state index contributed by atoms with van der Waals surface area (Å²) in [6.45, 7) is 0.378. The molecular weight excluding hydrogens is 340 g/mol. The molecule has 2 aromatic carbocycles. The first-order chi connectivity index (χ1) is 13.2. The molecule has 3 rings (SSSR count). The Hall–Kier alpha value is -3.47. The Morgan fingerprint density at radius 3 is 2.15 bits per heavy atom. The van der Waals surface area contributed by atoms with Crippen molar-refractivity contribution >= 4 is 11.7 Å². The fourth-order valence-corrected chi connectivity index (χ4v) is 2.86. The van der Waals surface area contributed by atoms with E-state index >= 15 is 0 Å². The van der Waals surface area contributed by atoms with Crippen LogP contribution in [0.1, 0.15) is 22.0 Å². The van der Waals surface area contributed by atoms with Gasteiger partial charge in [-0.05, 0) is 18.1 Å². The van der Waals surface area contributed by atoms with Gasteiger partial charge in [0.2, 0.25) is 0 Å². The van der Waals surface area contributed by atoms with Crippen molar-refractivity contribution in [2.75, 3.05) is 6.54 Å². The zero-order valence-electron chi connectivity index (χ0n) is 14.7. The van der Waals surface area contributed by atoms with E-state index in [1.54, 1.807) is 42.5 Å². The van der Waals surface area contributed by atoms with Crippen molar-refractivity contribution in [3.05, 3.63) is 107 Å². The van der Waals surface area contributed by atoms with Crippen LogP contribution in [0.25, 0.3) is 0 Å². The zero-order chi connectivity index (χ0) is 19.1. The molecule has 1 heterocycles. The van der Waals surface area contributed by atoms with Gasteiger partial charge >= 0.3 is 0 Å². The SMILES string of the molecule is O=C(NCCc1ccccc1)C(C(=O)c1ccccc1)n1ccccc1=O. The standard InChI is InChI=1S/C22H20N2O3/c25-19-13-7-8-16-24(19)20(21(26)18-11-5-2-6-12-18)22(27)23-15-14-17-9-3-1-4-10-17/h1-13,16,20H,14-15H2,(H,23,27). The van der Waals surface area contributed by atoms with Crippen molar-refractivity contribution in [1.29, 1.82) is 0 Å². The summed E-state index contributed by atoms with van der Waals surface area (Å²) in [4.78, 5) is 38.0. The van der Waals surface area contributed by atoms with Crippen LogP contribution in [-0.2, 0) is 11.2 Å². The summed E-state index contributed by atoms with van der Waals surface area (Å²) in [5.41, 5.74) is 1.07. The van der Waals surface area contributed by atoms with E-state index in [0.717, 1.165) is 5.56 Å².